The highest BCUT2D eigenvalue weighted by atomic mass is 35.5. The van der Waals surface area contributed by atoms with Crippen LogP contribution in [0.3, 0.4) is 0 Å². The molecule has 0 bridgehead atoms. The van der Waals surface area contributed by atoms with E-state index in [2.05, 4.69) is 10.3 Å². The molecule has 21 heavy (non-hydrogen) atoms. The maximum atomic E-state index is 12.4. The van der Waals surface area contributed by atoms with Crippen LogP contribution in [0.25, 0.3) is 10.2 Å². The first-order valence-electron chi connectivity index (χ1n) is 6.69. The van der Waals surface area contributed by atoms with E-state index < -0.39 is 0 Å². The van der Waals surface area contributed by atoms with Gasteiger partial charge in [0.05, 0.1) is 5.39 Å². The van der Waals surface area contributed by atoms with Gasteiger partial charge in [-0.05, 0) is 49.1 Å². The molecule has 2 aromatic heterocycles. The highest BCUT2D eigenvalue weighted by Gasteiger charge is 2.21. The number of nitrogens with one attached hydrogen (secondary N) is 1. The Hall–Kier alpha value is -1.43. The van der Waals surface area contributed by atoms with Gasteiger partial charge >= 0.3 is 0 Å². The standard InChI is InChI=1S/C15H11ClN2OS2/c16-8-4-6-9(7-5-8)17-15-18-13-12(14(19)21-15)10-2-1-3-11(10)20-13/h4-7H,1-3H2,(H,17,18). The molecule has 1 aliphatic carbocycles. The number of aryl methyl sites for hydroxylation is 2. The number of thiophene rings is 1. The number of hydrogen-bond donors (Lipinski definition) is 1. The number of hydrogen-bond acceptors (Lipinski definition) is 5. The van der Waals surface area contributed by atoms with E-state index in [4.69, 9.17) is 11.6 Å². The molecule has 0 aliphatic heterocycles. The number of anilines is 2. The summed E-state index contributed by atoms with van der Waals surface area (Å²) in [5.41, 5.74) is 2.12. The van der Waals surface area contributed by atoms with E-state index >= 15 is 0 Å². The van der Waals surface area contributed by atoms with E-state index in [9.17, 15) is 4.79 Å². The first kappa shape index (κ1) is 13.2. The minimum atomic E-state index is 0.107. The third-order valence-corrected chi connectivity index (χ3v) is 5.81. The molecule has 3 nitrogen and oxygen atoms in total. The minimum Gasteiger partial charge on any atom is -0.331 e. The van der Waals surface area contributed by atoms with Crippen molar-refractivity contribution in [1.82, 2.24) is 4.98 Å². The van der Waals surface area contributed by atoms with Crippen molar-refractivity contribution < 1.29 is 0 Å². The average molecular weight is 335 g/mol. The number of aromatic nitrogens is 1. The second-order valence-corrected chi connectivity index (χ2v) is 7.46. The fourth-order valence-electron chi connectivity index (χ4n) is 2.64. The maximum Gasteiger partial charge on any atom is 0.246 e. The summed E-state index contributed by atoms with van der Waals surface area (Å²) in [5.74, 6) is 0. The molecule has 1 N–H and O–H groups in total. The molecule has 1 aromatic carbocycles. The Bertz CT molecular complexity index is 883. The highest BCUT2D eigenvalue weighted by molar-refractivity contribution is 7.20. The second kappa shape index (κ2) is 5.09. The molecule has 3 aromatic rings. The van der Waals surface area contributed by atoms with Gasteiger partial charge in [-0.25, -0.2) is 4.98 Å². The third kappa shape index (κ3) is 2.35. The van der Waals surface area contributed by atoms with Gasteiger partial charge in [0.2, 0.25) is 4.74 Å². The smallest absolute Gasteiger partial charge is 0.246 e. The van der Waals surface area contributed by atoms with Crippen LogP contribution in [0, 0.1) is 0 Å². The summed E-state index contributed by atoms with van der Waals surface area (Å²) in [6.45, 7) is 0. The Morgan fingerprint density at radius 2 is 1.95 bits per heavy atom. The summed E-state index contributed by atoms with van der Waals surface area (Å²) in [7, 11) is 0. The van der Waals surface area contributed by atoms with Crippen molar-refractivity contribution in [2.75, 3.05) is 5.32 Å². The Kier molecular flexibility index (Phi) is 3.21. The van der Waals surface area contributed by atoms with E-state index in [1.54, 1.807) is 11.3 Å². The largest absolute Gasteiger partial charge is 0.331 e. The van der Waals surface area contributed by atoms with Crippen LogP contribution in [0.15, 0.2) is 29.1 Å². The van der Waals surface area contributed by atoms with E-state index in [1.807, 2.05) is 24.3 Å². The first-order chi connectivity index (χ1) is 10.2. The van der Waals surface area contributed by atoms with Crippen molar-refractivity contribution in [2.24, 2.45) is 0 Å². The lowest BCUT2D eigenvalue weighted by Gasteiger charge is -2.04. The molecule has 4 rings (SSSR count). The predicted octanol–water partition coefficient (Wildman–Crippen LogP) is 4.60. The van der Waals surface area contributed by atoms with Crippen molar-refractivity contribution in [3.63, 3.8) is 0 Å². The molecule has 0 radical (unpaired) electrons. The van der Waals surface area contributed by atoms with Gasteiger partial charge in [-0.1, -0.05) is 22.9 Å². The Morgan fingerprint density at radius 1 is 1.14 bits per heavy atom. The summed E-state index contributed by atoms with van der Waals surface area (Å²) < 4.78 is 0.107. The topological polar surface area (TPSA) is 42.0 Å². The summed E-state index contributed by atoms with van der Waals surface area (Å²) >= 11 is 8.71. The van der Waals surface area contributed by atoms with Crippen LogP contribution >= 0.6 is 34.3 Å². The van der Waals surface area contributed by atoms with Crippen LogP contribution < -0.4 is 10.1 Å². The fourth-order valence-corrected chi connectivity index (χ4v) is 4.96. The average Bonchev–Trinajstić information content (AvgIpc) is 3.01. The Morgan fingerprint density at radius 3 is 2.76 bits per heavy atom. The third-order valence-electron chi connectivity index (χ3n) is 3.59. The molecule has 0 fully saturated rings. The van der Waals surface area contributed by atoms with Gasteiger partial charge in [0.1, 0.15) is 4.83 Å². The van der Waals surface area contributed by atoms with Gasteiger partial charge in [0, 0.05) is 15.6 Å². The Balaban J connectivity index is 1.77. The van der Waals surface area contributed by atoms with E-state index in [0.717, 1.165) is 35.2 Å². The zero-order valence-corrected chi connectivity index (χ0v) is 13.4. The number of fused-ring (bicyclic) bond motifs is 3. The zero-order chi connectivity index (χ0) is 14.4. The van der Waals surface area contributed by atoms with Crippen LogP contribution in [-0.2, 0) is 12.8 Å². The summed E-state index contributed by atoms with van der Waals surface area (Å²) in [4.78, 5) is 19.2. The van der Waals surface area contributed by atoms with Crippen molar-refractivity contribution in [3.8, 4) is 0 Å². The van der Waals surface area contributed by atoms with Crippen LogP contribution in [-0.4, -0.2) is 4.98 Å². The second-order valence-electron chi connectivity index (χ2n) is 4.98. The maximum absolute atomic E-state index is 12.4. The number of benzene rings is 1. The van der Waals surface area contributed by atoms with Crippen LogP contribution in [0.5, 0.6) is 0 Å². The molecular formula is C15H11ClN2OS2. The number of halogens is 1. The van der Waals surface area contributed by atoms with Crippen molar-refractivity contribution in [3.05, 3.63) is 49.3 Å². The summed E-state index contributed by atoms with van der Waals surface area (Å²) in [6.07, 6.45) is 3.26. The lowest BCUT2D eigenvalue weighted by molar-refractivity contribution is 0.917. The predicted molar refractivity (Wildman–Crippen MR) is 90.5 cm³/mol. The van der Waals surface area contributed by atoms with Crippen molar-refractivity contribution in [1.29, 1.82) is 0 Å². The van der Waals surface area contributed by atoms with Gasteiger partial charge in [-0.2, -0.15) is 0 Å². The minimum absolute atomic E-state index is 0.107. The van der Waals surface area contributed by atoms with Crippen LogP contribution in [0.1, 0.15) is 16.9 Å². The van der Waals surface area contributed by atoms with E-state index in [-0.39, 0.29) is 4.74 Å². The first-order valence-corrected chi connectivity index (χ1v) is 8.70. The molecule has 0 atom stereocenters. The molecule has 1 aliphatic rings. The molecule has 0 saturated heterocycles. The van der Waals surface area contributed by atoms with Gasteiger partial charge in [0.25, 0.3) is 0 Å². The van der Waals surface area contributed by atoms with Crippen molar-refractivity contribution >= 4 is 55.3 Å². The van der Waals surface area contributed by atoms with Gasteiger partial charge < -0.3 is 5.32 Å². The van der Waals surface area contributed by atoms with E-state index in [0.29, 0.717) is 10.2 Å². The molecule has 2 heterocycles. The quantitative estimate of drug-likeness (QED) is 0.744. The molecule has 0 amide bonds. The normalized spacial score (nSPS) is 13.6. The fraction of sp³-hybridized carbons (Fsp3) is 0.200. The summed E-state index contributed by atoms with van der Waals surface area (Å²) in [6, 6.07) is 7.37. The zero-order valence-electron chi connectivity index (χ0n) is 11.0. The lowest BCUT2D eigenvalue weighted by Crippen LogP contribution is -2.01. The van der Waals surface area contributed by atoms with Crippen LogP contribution in [0.4, 0.5) is 10.8 Å². The van der Waals surface area contributed by atoms with Gasteiger partial charge in [-0.15, -0.1) is 11.3 Å². The van der Waals surface area contributed by atoms with Crippen LogP contribution in [0.2, 0.25) is 5.02 Å². The van der Waals surface area contributed by atoms with Gasteiger partial charge in [0.15, 0.2) is 5.13 Å². The van der Waals surface area contributed by atoms with Gasteiger partial charge in [-0.3, -0.25) is 4.79 Å². The monoisotopic (exact) mass is 334 g/mol. The lowest BCUT2D eigenvalue weighted by atomic mass is 10.2. The molecular weight excluding hydrogens is 324 g/mol. The van der Waals surface area contributed by atoms with Crippen molar-refractivity contribution in [2.45, 2.75) is 19.3 Å². The number of nitrogens with zero attached hydrogens (tertiary/aromatic N) is 1. The van der Waals surface area contributed by atoms with E-state index in [1.165, 1.54) is 21.8 Å². The SMILES string of the molecule is O=c1sc(Nc2ccc(Cl)cc2)nc2sc3c(c12)CCC3. The molecule has 0 saturated carbocycles. The number of rotatable bonds is 2. The molecule has 106 valence electrons. The summed E-state index contributed by atoms with van der Waals surface area (Å²) in [5, 5.41) is 5.35. The highest BCUT2D eigenvalue weighted by Crippen LogP contribution is 2.36. The molecule has 0 spiro atoms. The Labute approximate surface area is 134 Å². The molecule has 0 unspecified atom stereocenters. The molecule has 6 heteroatoms.